The highest BCUT2D eigenvalue weighted by atomic mass is 17.3. The molecule has 0 aromatic rings. The summed E-state index contributed by atoms with van der Waals surface area (Å²) in [6, 6.07) is 1.88. The standard InChI is InChI=1S/C10H15NO6/c1-10(6-11)14-9(16-17-10)5-3-2-4-8-12-7-13-15-8/h8-9H,2-5,7H2,1H3. The Bertz CT molecular complexity index is 287. The first kappa shape index (κ1) is 12.7. The number of nitriles is 1. The predicted octanol–water partition coefficient (Wildman–Crippen LogP) is 1.35. The normalized spacial score (nSPS) is 37.2. The van der Waals surface area contributed by atoms with Crippen LogP contribution in [-0.2, 0) is 29.0 Å². The highest BCUT2D eigenvalue weighted by Gasteiger charge is 2.39. The van der Waals surface area contributed by atoms with Crippen LogP contribution in [0.3, 0.4) is 0 Å². The SMILES string of the molecule is CC1(C#N)OOC(CCCCC2OCOO2)O1. The molecule has 0 aliphatic carbocycles. The zero-order valence-corrected chi connectivity index (χ0v) is 9.59. The van der Waals surface area contributed by atoms with Crippen LogP contribution in [0.15, 0.2) is 0 Å². The van der Waals surface area contributed by atoms with Crippen LogP contribution in [-0.4, -0.2) is 25.2 Å². The van der Waals surface area contributed by atoms with Crippen molar-refractivity contribution in [2.45, 2.75) is 51.0 Å². The Morgan fingerprint density at radius 1 is 1.24 bits per heavy atom. The van der Waals surface area contributed by atoms with Gasteiger partial charge in [0.1, 0.15) is 6.07 Å². The van der Waals surface area contributed by atoms with Crippen molar-refractivity contribution in [1.82, 2.24) is 0 Å². The first-order chi connectivity index (χ1) is 8.22. The summed E-state index contributed by atoms with van der Waals surface area (Å²) in [5, 5.41) is 8.73. The molecule has 3 unspecified atom stereocenters. The van der Waals surface area contributed by atoms with Gasteiger partial charge in [0, 0.05) is 19.8 Å². The maximum absolute atomic E-state index is 8.73. The van der Waals surface area contributed by atoms with Crippen LogP contribution < -0.4 is 0 Å². The van der Waals surface area contributed by atoms with Crippen molar-refractivity contribution in [2.24, 2.45) is 0 Å². The molecule has 0 bridgehead atoms. The zero-order valence-electron chi connectivity index (χ0n) is 9.59. The fraction of sp³-hybridized carbons (Fsp3) is 0.900. The van der Waals surface area contributed by atoms with Gasteiger partial charge in [0.15, 0.2) is 19.4 Å². The van der Waals surface area contributed by atoms with Crippen LogP contribution in [0.4, 0.5) is 0 Å². The minimum Gasteiger partial charge on any atom is -0.320 e. The van der Waals surface area contributed by atoms with Crippen LogP contribution in [0.2, 0.25) is 0 Å². The highest BCUT2D eigenvalue weighted by molar-refractivity contribution is 4.90. The van der Waals surface area contributed by atoms with Gasteiger partial charge in [-0.15, -0.1) is 0 Å². The topological polar surface area (TPSA) is 79.2 Å². The lowest BCUT2D eigenvalue weighted by Crippen LogP contribution is -2.23. The molecule has 7 heteroatoms. The second-order valence-corrected chi connectivity index (χ2v) is 4.00. The van der Waals surface area contributed by atoms with Gasteiger partial charge in [-0.1, -0.05) is 0 Å². The second kappa shape index (κ2) is 5.73. The van der Waals surface area contributed by atoms with E-state index < -0.39 is 12.1 Å². The predicted molar refractivity (Wildman–Crippen MR) is 51.4 cm³/mol. The molecule has 96 valence electrons. The molecule has 0 N–H and O–H groups in total. The number of ether oxygens (including phenoxy) is 2. The number of hydrogen-bond acceptors (Lipinski definition) is 7. The molecule has 17 heavy (non-hydrogen) atoms. The van der Waals surface area contributed by atoms with Crippen LogP contribution in [0.5, 0.6) is 0 Å². The van der Waals surface area contributed by atoms with Gasteiger partial charge in [-0.25, -0.2) is 14.7 Å². The first-order valence-corrected chi connectivity index (χ1v) is 5.55. The molecule has 2 aliphatic heterocycles. The quantitative estimate of drug-likeness (QED) is 0.534. The fourth-order valence-corrected chi connectivity index (χ4v) is 1.58. The van der Waals surface area contributed by atoms with Crippen molar-refractivity contribution in [3.8, 4) is 6.07 Å². The summed E-state index contributed by atoms with van der Waals surface area (Å²) in [6.07, 6.45) is 2.40. The number of unbranched alkanes of at least 4 members (excludes halogenated alkanes) is 1. The Morgan fingerprint density at radius 3 is 2.59 bits per heavy atom. The second-order valence-electron chi connectivity index (χ2n) is 4.00. The average Bonchev–Trinajstić information content (AvgIpc) is 2.95. The van der Waals surface area contributed by atoms with Crippen molar-refractivity contribution in [3.05, 3.63) is 0 Å². The van der Waals surface area contributed by atoms with E-state index in [4.69, 9.17) is 29.4 Å². The fourth-order valence-electron chi connectivity index (χ4n) is 1.58. The smallest absolute Gasteiger partial charge is 0.288 e. The van der Waals surface area contributed by atoms with Gasteiger partial charge in [0.05, 0.1) is 0 Å². The van der Waals surface area contributed by atoms with E-state index in [2.05, 4.69) is 4.89 Å². The first-order valence-electron chi connectivity index (χ1n) is 5.55. The van der Waals surface area contributed by atoms with Gasteiger partial charge in [-0.3, -0.25) is 0 Å². The summed E-state index contributed by atoms with van der Waals surface area (Å²) in [7, 11) is 0. The average molecular weight is 245 g/mol. The highest BCUT2D eigenvalue weighted by Crippen LogP contribution is 2.27. The van der Waals surface area contributed by atoms with Gasteiger partial charge in [-0.2, -0.15) is 10.1 Å². The lowest BCUT2D eigenvalue weighted by molar-refractivity contribution is -0.311. The van der Waals surface area contributed by atoms with E-state index in [0.29, 0.717) is 6.42 Å². The van der Waals surface area contributed by atoms with E-state index in [1.807, 2.05) is 6.07 Å². The molecule has 7 nitrogen and oxygen atoms in total. The largest absolute Gasteiger partial charge is 0.320 e. The monoisotopic (exact) mass is 245 g/mol. The van der Waals surface area contributed by atoms with E-state index in [1.165, 1.54) is 6.92 Å². The third-order valence-corrected chi connectivity index (χ3v) is 2.48. The molecule has 3 atom stereocenters. The van der Waals surface area contributed by atoms with Gasteiger partial charge in [0.2, 0.25) is 0 Å². The maximum atomic E-state index is 8.73. The maximum Gasteiger partial charge on any atom is 0.288 e. The summed E-state index contributed by atoms with van der Waals surface area (Å²) in [5.41, 5.74) is 0. The van der Waals surface area contributed by atoms with Crippen LogP contribution >= 0.6 is 0 Å². The molecule has 0 aromatic carbocycles. The summed E-state index contributed by atoms with van der Waals surface area (Å²) in [5.74, 6) is -1.28. The van der Waals surface area contributed by atoms with E-state index in [9.17, 15) is 0 Å². The molecule has 0 radical (unpaired) electrons. The Balaban J connectivity index is 1.56. The molecule has 2 heterocycles. The lowest BCUT2D eigenvalue weighted by atomic mass is 10.2. The summed E-state index contributed by atoms with van der Waals surface area (Å²) in [6.45, 7) is 1.71. The van der Waals surface area contributed by atoms with Gasteiger partial charge >= 0.3 is 0 Å². The van der Waals surface area contributed by atoms with Crippen molar-refractivity contribution in [1.29, 1.82) is 5.26 Å². The molecule has 2 saturated heterocycles. The van der Waals surface area contributed by atoms with E-state index in [1.54, 1.807) is 0 Å². The zero-order chi connectivity index (χ0) is 12.1. The van der Waals surface area contributed by atoms with Crippen LogP contribution in [0, 0.1) is 11.3 Å². The molecule has 0 aromatic heterocycles. The van der Waals surface area contributed by atoms with E-state index in [0.717, 1.165) is 19.3 Å². The third kappa shape index (κ3) is 3.61. The summed E-state index contributed by atoms with van der Waals surface area (Å²) >= 11 is 0. The molecule has 0 spiro atoms. The summed E-state index contributed by atoms with van der Waals surface area (Å²) < 4.78 is 10.4. The molecule has 0 saturated carbocycles. The van der Waals surface area contributed by atoms with Crippen LogP contribution in [0.1, 0.15) is 32.6 Å². The van der Waals surface area contributed by atoms with Crippen molar-refractivity contribution in [2.75, 3.05) is 6.79 Å². The van der Waals surface area contributed by atoms with Crippen molar-refractivity contribution < 1.29 is 29.0 Å². The summed E-state index contributed by atoms with van der Waals surface area (Å²) in [4.78, 5) is 19.1. The Morgan fingerprint density at radius 2 is 2.00 bits per heavy atom. The van der Waals surface area contributed by atoms with Crippen molar-refractivity contribution in [3.63, 3.8) is 0 Å². The number of rotatable bonds is 5. The molecule has 0 amide bonds. The molecular weight excluding hydrogens is 230 g/mol. The molecular formula is C10H15NO6. The molecule has 2 fully saturated rings. The molecule has 2 rings (SSSR count). The number of hydrogen-bond donors (Lipinski definition) is 0. The third-order valence-electron chi connectivity index (χ3n) is 2.48. The van der Waals surface area contributed by atoms with Gasteiger partial charge in [0.25, 0.3) is 5.79 Å². The molecule has 2 aliphatic rings. The Kier molecular flexibility index (Phi) is 4.28. The van der Waals surface area contributed by atoms with Crippen LogP contribution in [0.25, 0.3) is 0 Å². The Labute approximate surface area is 98.9 Å². The van der Waals surface area contributed by atoms with Gasteiger partial charge < -0.3 is 9.47 Å². The number of nitrogens with zero attached hydrogens (tertiary/aromatic N) is 1. The Hall–Kier alpha value is -0.750. The minimum atomic E-state index is -1.28. The van der Waals surface area contributed by atoms with E-state index in [-0.39, 0.29) is 13.1 Å². The lowest BCUT2D eigenvalue weighted by Gasteiger charge is -2.10. The minimum absolute atomic E-state index is 0.188. The van der Waals surface area contributed by atoms with Crippen molar-refractivity contribution >= 4 is 0 Å². The van der Waals surface area contributed by atoms with E-state index >= 15 is 0 Å². The van der Waals surface area contributed by atoms with Gasteiger partial charge in [-0.05, 0) is 12.8 Å².